The van der Waals surface area contributed by atoms with Crippen LogP contribution in [0.2, 0.25) is 0 Å². The number of carbonyl (C=O) groups excluding carboxylic acids is 1. The Hall–Kier alpha value is -2.01. The zero-order valence-corrected chi connectivity index (χ0v) is 16.9. The standard InChI is InChI=1S/C20H24BN3O.C2H6/c1-3-4-8-22-20(25)12-9-14-13-6-5-7-16-18(13)15(19(21)23-16)10-17(14)24(2)11-12;1-2/h5-7,9,12,17,23H,3-4,8,10-11H2,1-2H3,(H,22,25);1-2H3. The van der Waals surface area contributed by atoms with E-state index in [1.165, 1.54) is 22.1 Å². The summed E-state index contributed by atoms with van der Waals surface area (Å²) in [6, 6.07) is 6.57. The summed E-state index contributed by atoms with van der Waals surface area (Å²) in [7, 11) is 8.33. The molecule has 0 fully saturated rings. The highest BCUT2D eigenvalue weighted by molar-refractivity contribution is 6.34. The van der Waals surface area contributed by atoms with Gasteiger partial charge in [0, 0.05) is 30.0 Å². The van der Waals surface area contributed by atoms with Gasteiger partial charge in [0.05, 0.1) is 5.92 Å². The number of carbonyl (C=O) groups is 1. The van der Waals surface area contributed by atoms with Crippen LogP contribution in [0, 0.1) is 5.92 Å². The number of fused-ring (bicyclic) bond motifs is 2. The van der Waals surface area contributed by atoms with E-state index in [0.29, 0.717) is 0 Å². The quantitative estimate of drug-likeness (QED) is 0.648. The van der Waals surface area contributed by atoms with E-state index in [4.69, 9.17) is 7.85 Å². The average molecular weight is 363 g/mol. The van der Waals surface area contributed by atoms with Crippen molar-refractivity contribution in [1.82, 2.24) is 15.2 Å². The molecule has 1 amide bonds. The van der Waals surface area contributed by atoms with Gasteiger partial charge in [-0.25, -0.2) is 0 Å². The molecule has 2 radical (unpaired) electrons. The molecule has 142 valence electrons. The highest BCUT2D eigenvalue weighted by Crippen LogP contribution is 2.40. The van der Waals surface area contributed by atoms with E-state index in [-0.39, 0.29) is 17.9 Å². The minimum Gasteiger partial charge on any atom is -0.368 e. The Kier molecular flexibility index (Phi) is 6.10. The molecule has 5 heteroatoms. The zero-order valence-electron chi connectivity index (χ0n) is 16.9. The van der Waals surface area contributed by atoms with Gasteiger partial charge in [-0.05, 0) is 48.2 Å². The van der Waals surface area contributed by atoms with Gasteiger partial charge in [-0.15, -0.1) is 0 Å². The number of aromatic nitrogens is 1. The minimum atomic E-state index is -0.0961. The second kappa shape index (κ2) is 8.34. The minimum absolute atomic E-state index is 0.0961. The molecule has 1 aliphatic heterocycles. The summed E-state index contributed by atoms with van der Waals surface area (Å²) in [6.45, 7) is 7.65. The lowest BCUT2D eigenvalue weighted by Crippen LogP contribution is -2.47. The maximum atomic E-state index is 12.6. The van der Waals surface area contributed by atoms with Crippen LogP contribution in [-0.4, -0.2) is 49.8 Å². The molecule has 4 nitrogen and oxygen atoms in total. The summed E-state index contributed by atoms with van der Waals surface area (Å²) in [4.78, 5) is 18.2. The number of H-pyrrole nitrogens is 1. The number of benzene rings is 1. The van der Waals surface area contributed by atoms with Crippen molar-refractivity contribution in [3.8, 4) is 0 Å². The normalized spacial score (nSPS) is 21.1. The van der Waals surface area contributed by atoms with Gasteiger partial charge in [-0.3, -0.25) is 9.69 Å². The van der Waals surface area contributed by atoms with Crippen molar-refractivity contribution >= 4 is 35.8 Å². The molecule has 2 unspecified atom stereocenters. The Morgan fingerprint density at radius 1 is 1.37 bits per heavy atom. The van der Waals surface area contributed by atoms with Crippen molar-refractivity contribution in [2.24, 2.45) is 5.92 Å². The van der Waals surface area contributed by atoms with Crippen LogP contribution in [0.3, 0.4) is 0 Å². The van der Waals surface area contributed by atoms with Crippen LogP contribution in [0.4, 0.5) is 0 Å². The summed E-state index contributed by atoms with van der Waals surface area (Å²) >= 11 is 0. The summed E-state index contributed by atoms with van der Waals surface area (Å²) in [5.41, 5.74) is 5.55. The Bertz CT molecular complexity index is 855. The predicted octanol–water partition coefficient (Wildman–Crippen LogP) is 2.77. The van der Waals surface area contributed by atoms with Gasteiger partial charge in [0.25, 0.3) is 0 Å². The molecule has 2 atom stereocenters. The molecule has 2 aliphatic rings. The number of unbranched alkanes of at least 4 members (excludes halogenated alkanes) is 1. The van der Waals surface area contributed by atoms with Gasteiger partial charge >= 0.3 is 0 Å². The van der Waals surface area contributed by atoms with Crippen molar-refractivity contribution in [3.63, 3.8) is 0 Å². The Labute approximate surface area is 163 Å². The molecule has 0 spiro atoms. The number of nitrogens with one attached hydrogen (secondary N) is 2. The first-order chi connectivity index (χ1) is 13.1. The van der Waals surface area contributed by atoms with Crippen LogP contribution in [0.1, 0.15) is 44.7 Å². The van der Waals surface area contributed by atoms with Crippen LogP contribution in [0.25, 0.3) is 16.5 Å². The van der Waals surface area contributed by atoms with Gasteiger partial charge in [0.15, 0.2) is 0 Å². The first-order valence-corrected chi connectivity index (χ1v) is 10.2. The number of likely N-dealkylation sites (N-methyl/N-ethyl adjacent to an activating group) is 1. The molecule has 27 heavy (non-hydrogen) atoms. The Balaban J connectivity index is 0.00000102. The van der Waals surface area contributed by atoms with Crippen LogP contribution in [0.5, 0.6) is 0 Å². The van der Waals surface area contributed by atoms with E-state index < -0.39 is 0 Å². The summed E-state index contributed by atoms with van der Waals surface area (Å²) in [5.74, 6) is 0.0407. The van der Waals surface area contributed by atoms with Gasteiger partial charge in [-0.1, -0.05) is 45.4 Å². The first kappa shape index (κ1) is 19.7. The fourth-order valence-corrected chi connectivity index (χ4v) is 4.25. The monoisotopic (exact) mass is 363 g/mol. The SMILES string of the molecule is CC.[B]c1[nH]c2cccc3c2c1CC1C3=CC(C(=O)NCCCC)CN1C. The van der Waals surface area contributed by atoms with Gasteiger partial charge < -0.3 is 10.3 Å². The number of hydrogen-bond donors (Lipinski definition) is 2. The first-order valence-electron chi connectivity index (χ1n) is 10.2. The van der Waals surface area contributed by atoms with E-state index in [2.05, 4.69) is 53.4 Å². The van der Waals surface area contributed by atoms with E-state index >= 15 is 0 Å². The molecule has 0 bridgehead atoms. The van der Waals surface area contributed by atoms with Crippen molar-refractivity contribution in [1.29, 1.82) is 0 Å². The summed E-state index contributed by atoms with van der Waals surface area (Å²) in [5, 5.41) is 4.31. The van der Waals surface area contributed by atoms with Crippen LogP contribution >= 0.6 is 0 Å². The summed E-state index contributed by atoms with van der Waals surface area (Å²) in [6.07, 6.45) is 5.20. The van der Waals surface area contributed by atoms with Crippen LogP contribution < -0.4 is 10.9 Å². The average Bonchev–Trinajstić information content (AvgIpc) is 3.01. The largest absolute Gasteiger partial charge is 0.368 e. The molecule has 2 aromatic rings. The fraction of sp³-hybridized carbons (Fsp3) is 0.500. The zero-order chi connectivity index (χ0) is 19.6. The van der Waals surface area contributed by atoms with Gasteiger partial charge in [0.2, 0.25) is 5.91 Å². The maximum absolute atomic E-state index is 12.6. The topological polar surface area (TPSA) is 48.1 Å². The maximum Gasteiger partial charge on any atom is 0.228 e. The number of hydrogen-bond acceptors (Lipinski definition) is 2. The molecule has 4 rings (SSSR count). The third kappa shape index (κ3) is 3.57. The highest BCUT2D eigenvalue weighted by atomic mass is 16.1. The number of nitrogens with zero attached hydrogens (tertiary/aromatic N) is 1. The molecule has 2 heterocycles. The lowest BCUT2D eigenvalue weighted by atomic mass is 9.77. The molecule has 0 saturated carbocycles. The van der Waals surface area contributed by atoms with Crippen molar-refractivity contribution in [2.45, 2.75) is 46.1 Å². The predicted molar refractivity (Wildman–Crippen MR) is 115 cm³/mol. The lowest BCUT2D eigenvalue weighted by Gasteiger charge is -2.39. The molecule has 1 aromatic heterocycles. The molecular weight excluding hydrogens is 333 g/mol. The molecule has 0 saturated heterocycles. The number of rotatable bonds is 4. The van der Waals surface area contributed by atoms with Crippen molar-refractivity contribution < 1.29 is 4.79 Å². The van der Waals surface area contributed by atoms with Crippen LogP contribution in [0.15, 0.2) is 24.3 Å². The molecule has 1 aliphatic carbocycles. The molecule has 1 aromatic carbocycles. The number of amides is 1. The lowest BCUT2D eigenvalue weighted by molar-refractivity contribution is -0.124. The van der Waals surface area contributed by atoms with Crippen molar-refractivity contribution in [2.75, 3.05) is 20.1 Å². The van der Waals surface area contributed by atoms with Crippen molar-refractivity contribution in [3.05, 3.63) is 35.4 Å². The summed E-state index contributed by atoms with van der Waals surface area (Å²) < 4.78 is 0. The third-order valence-electron chi connectivity index (χ3n) is 5.59. The molecular formula is C22H30BN3O. The van der Waals surface area contributed by atoms with E-state index in [0.717, 1.165) is 43.5 Å². The van der Waals surface area contributed by atoms with E-state index in [1.54, 1.807) is 0 Å². The second-order valence-electron chi connectivity index (χ2n) is 7.28. The second-order valence-corrected chi connectivity index (χ2v) is 7.28. The molecule has 2 N–H and O–H groups in total. The third-order valence-corrected chi connectivity index (χ3v) is 5.59. The Morgan fingerprint density at radius 3 is 2.89 bits per heavy atom. The van der Waals surface area contributed by atoms with Gasteiger partial charge in [0.1, 0.15) is 7.85 Å². The van der Waals surface area contributed by atoms with Crippen LogP contribution in [-0.2, 0) is 11.2 Å². The van der Waals surface area contributed by atoms with E-state index in [1.807, 2.05) is 13.8 Å². The fourth-order valence-electron chi connectivity index (χ4n) is 4.25. The smallest absolute Gasteiger partial charge is 0.228 e. The Morgan fingerprint density at radius 2 is 2.15 bits per heavy atom. The highest BCUT2D eigenvalue weighted by Gasteiger charge is 2.35. The van der Waals surface area contributed by atoms with E-state index in [9.17, 15) is 4.79 Å². The number of aromatic amines is 1. The van der Waals surface area contributed by atoms with Gasteiger partial charge in [-0.2, -0.15) is 0 Å².